The summed E-state index contributed by atoms with van der Waals surface area (Å²) in [5, 5.41) is 6.37. The molecule has 0 radical (unpaired) electrons. The highest BCUT2D eigenvalue weighted by Crippen LogP contribution is 2.10. The molecule has 4 N–H and O–H groups in total. The summed E-state index contributed by atoms with van der Waals surface area (Å²) in [5.74, 6) is -0.158. The average Bonchev–Trinajstić information content (AvgIpc) is 2.36. The normalized spacial score (nSPS) is 17.4. The maximum absolute atomic E-state index is 11.8. The van der Waals surface area contributed by atoms with E-state index in [0.717, 1.165) is 38.9 Å². The van der Waals surface area contributed by atoms with Gasteiger partial charge in [-0.25, -0.2) is 0 Å². The zero-order valence-corrected chi connectivity index (χ0v) is 12.7. The minimum absolute atomic E-state index is 0.129. The summed E-state index contributed by atoms with van der Waals surface area (Å²) < 4.78 is 0. The number of primary amides is 1. The van der Waals surface area contributed by atoms with Crippen molar-refractivity contribution >= 4 is 11.8 Å². The van der Waals surface area contributed by atoms with Gasteiger partial charge in [-0.3, -0.25) is 14.5 Å². The Morgan fingerprint density at radius 1 is 1.30 bits per heavy atom. The van der Waals surface area contributed by atoms with Crippen LogP contribution in [0.4, 0.5) is 0 Å². The second-order valence-corrected chi connectivity index (χ2v) is 5.80. The summed E-state index contributed by atoms with van der Waals surface area (Å²) in [6, 6.07) is 0.706. The number of nitrogens with zero attached hydrogens (tertiary/aromatic N) is 1. The molecule has 1 saturated heterocycles. The van der Waals surface area contributed by atoms with Gasteiger partial charge in [0.25, 0.3) is 0 Å². The minimum atomic E-state index is -0.287. The molecule has 0 atom stereocenters. The maximum Gasteiger partial charge on any atom is 0.231 e. The molecule has 0 spiro atoms. The number of nitrogens with two attached hydrogens (primary N) is 1. The average molecular weight is 284 g/mol. The third-order valence-electron chi connectivity index (χ3n) is 3.47. The number of nitrogens with one attached hydrogen (secondary N) is 2. The Bertz CT molecular complexity index is 312. The molecule has 6 nitrogen and oxygen atoms in total. The van der Waals surface area contributed by atoms with E-state index in [1.54, 1.807) is 0 Å². The van der Waals surface area contributed by atoms with E-state index in [2.05, 4.69) is 24.5 Å². The largest absolute Gasteiger partial charge is 0.369 e. The monoisotopic (exact) mass is 284 g/mol. The molecule has 0 aromatic carbocycles. The maximum atomic E-state index is 11.8. The first-order chi connectivity index (χ1) is 9.47. The van der Waals surface area contributed by atoms with Crippen LogP contribution >= 0.6 is 0 Å². The van der Waals surface area contributed by atoms with E-state index in [1.807, 2.05) is 4.90 Å². The fourth-order valence-corrected chi connectivity index (χ4v) is 2.40. The van der Waals surface area contributed by atoms with E-state index in [1.165, 1.54) is 0 Å². The van der Waals surface area contributed by atoms with Gasteiger partial charge in [0.1, 0.15) is 0 Å². The van der Waals surface area contributed by atoms with Crippen molar-refractivity contribution in [1.29, 1.82) is 0 Å². The van der Waals surface area contributed by atoms with Gasteiger partial charge in [0.05, 0.1) is 6.54 Å². The molecule has 1 fully saturated rings. The molecule has 0 aromatic heterocycles. The van der Waals surface area contributed by atoms with Crippen molar-refractivity contribution < 1.29 is 9.59 Å². The minimum Gasteiger partial charge on any atom is -0.369 e. The van der Waals surface area contributed by atoms with E-state index < -0.39 is 0 Å². The van der Waals surface area contributed by atoms with E-state index in [4.69, 9.17) is 5.73 Å². The van der Waals surface area contributed by atoms with Gasteiger partial charge in [-0.05, 0) is 25.8 Å². The van der Waals surface area contributed by atoms with Crippen LogP contribution in [0.25, 0.3) is 0 Å². The lowest BCUT2D eigenvalue weighted by atomic mass is 10.0. The number of hydrogen-bond acceptors (Lipinski definition) is 4. The van der Waals surface area contributed by atoms with Gasteiger partial charge in [0, 0.05) is 31.6 Å². The third kappa shape index (κ3) is 7.45. The fourth-order valence-electron chi connectivity index (χ4n) is 2.40. The fraction of sp³-hybridized carbons (Fsp3) is 0.857. The highest BCUT2D eigenvalue weighted by molar-refractivity contribution is 5.76. The lowest BCUT2D eigenvalue weighted by molar-refractivity contribution is -0.123. The van der Waals surface area contributed by atoms with Crippen molar-refractivity contribution in [3.8, 4) is 0 Å². The Labute approximate surface area is 121 Å². The molecule has 1 heterocycles. The van der Waals surface area contributed by atoms with Crippen LogP contribution in [0, 0.1) is 0 Å². The number of rotatable bonds is 8. The van der Waals surface area contributed by atoms with Gasteiger partial charge < -0.3 is 16.4 Å². The number of amides is 2. The summed E-state index contributed by atoms with van der Waals surface area (Å²) in [5.41, 5.74) is 5.17. The smallest absolute Gasteiger partial charge is 0.231 e. The van der Waals surface area contributed by atoms with Crippen molar-refractivity contribution in [2.45, 2.75) is 51.6 Å². The van der Waals surface area contributed by atoms with Crippen LogP contribution in [0.5, 0.6) is 0 Å². The topological polar surface area (TPSA) is 87.5 Å². The van der Waals surface area contributed by atoms with Gasteiger partial charge in [-0.1, -0.05) is 13.8 Å². The molecule has 1 aliphatic heterocycles. The van der Waals surface area contributed by atoms with Crippen molar-refractivity contribution in [3.05, 3.63) is 0 Å². The van der Waals surface area contributed by atoms with Crippen LogP contribution in [0.3, 0.4) is 0 Å². The summed E-state index contributed by atoms with van der Waals surface area (Å²) in [6.45, 7) is 7.04. The van der Waals surface area contributed by atoms with Crippen molar-refractivity contribution in [2.75, 3.05) is 26.2 Å². The first-order valence-electron chi connectivity index (χ1n) is 7.50. The van der Waals surface area contributed by atoms with Crippen molar-refractivity contribution in [3.63, 3.8) is 0 Å². The zero-order valence-electron chi connectivity index (χ0n) is 12.7. The lowest BCUT2D eigenvalue weighted by Gasteiger charge is -2.31. The first kappa shape index (κ1) is 16.9. The van der Waals surface area contributed by atoms with E-state index in [-0.39, 0.29) is 17.9 Å². The lowest BCUT2D eigenvalue weighted by Crippen LogP contribution is -2.46. The molecule has 1 aliphatic rings. The predicted molar refractivity (Wildman–Crippen MR) is 79.2 cm³/mol. The van der Waals surface area contributed by atoms with Crippen LogP contribution in [0.2, 0.25) is 0 Å². The molecule has 20 heavy (non-hydrogen) atoms. The molecule has 6 heteroatoms. The van der Waals surface area contributed by atoms with Crippen molar-refractivity contribution in [2.24, 2.45) is 5.73 Å². The van der Waals surface area contributed by atoms with E-state index >= 15 is 0 Å². The van der Waals surface area contributed by atoms with Crippen LogP contribution in [0.15, 0.2) is 0 Å². The molecule has 0 bridgehead atoms. The summed E-state index contributed by atoms with van der Waals surface area (Å²) >= 11 is 0. The van der Waals surface area contributed by atoms with Gasteiger partial charge in [-0.2, -0.15) is 0 Å². The number of carbonyl (C=O) groups is 2. The molecular formula is C14H28N4O2. The molecule has 1 rings (SSSR count). The molecular weight excluding hydrogens is 256 g/mol. The molecule has 0 aromatic rings. The van der Waals surface area contributed by atoms with Crippen LogP contribution < -0.4 is 16.4 Å². The second kappa shape index (κ2) is 8.92. The number of carbonyl (C=O) groups excluding carboxylic acids is 2. The number of hydrogen-bond donors (Lipinski definition) is 3. The highest BCUT2D eigenvalue weighted by Gasteiger charge is 2.21. The van der Waals surface area contributed by atoms with E-state index in [9.17, 15) is 9.59 Å². The number of likely N-dealkylation sites (tertiary alicyclic amines) is 1. The van der Waals surface area contributed by atoms with Crippen LogP contribution in [-0.2, 0) is 9.59 Å². The Kier molecular flexibility index (Phi) is 7.54. The molecule has 0 unspecified atom stereocenters. The summed E-state index contributed by atoms with van der Waals surface area (Å²) in [6.07, 6.45) is 3.22. The second-order valence-electron chi connectivity index (χ2n) is 5.80. The van der Waals surface area contributed by atoms with Gasteiger partial charge in [-0.15, -0.1) is 0 Å². The Morgan fingerprint density at radius 2 is 1.95 bits per heavy atom. The van der Waals surface area contributed by atoms with Crippen LogP contribution in [-0.4, -0.2) is 55.0 Å². The Morgan fingerprint density at radius 3 is 2.50 bits per heavy atom. The molecule has 0 saturated carbocycles. The van der Waals surface area contributed by atoms with Crippen molar-refractivity contribution in [1.82, 2.24) is 15.5 Å². The quantitative estimate of drug-likeness (QED) is 0.540. The van der Waals surface area contributed by atoms with Crippen LogP contribution in [0.1, 0.15) is 39.5 Å². The van der Waals surface area contributed by atoms with Gasteiger partial charge in [0.15, 0.2) is 0 Å². The summed E-state index contributed by atoms with van der Waals surface area (Å²) in [7, 11) is 0. The Hall–Kier alpha value is -1.14. The third-order valence-corrected chi connectivity index (χ3v) is 3.47. The SMILES string of the molecule is CC(C)NCCCC(=O)NC1CCN(CC(N)=O)CC1. The van der Waals surface area contributed by atoms with Gasteiger partial charge >= 0.3 is 0 Å². The standard InChI is InChI=1S/C14H28N4O2/c1-11(2)16-7-3-4-14(20)17-12-5-8-18(9-6-12)10-13(15)19/h11-12,16H,3-10H2,1-2H3,(H2,15,19)(H,17,20). The van der Waals surface area contributed by atoms with Gasteiger partial charge in [0.2, 0.25) is 11.8 Å². The molecule has 2 amide bonds. The summed E-state index contributed by atoms with van der Waals surface area (Å²) in [4.78, 5) is 24.7. The number of piperidine rings is 1. The molecule has 0 aliphatic carbocycles. The molecule has 116 valence electrons. The van der Waals surface area contributed by atoms with E-state index in [0.29, 0.717) is 19.0 Å². The Balaban J connectivity index is 2.10. The predicted octanol–water partition coefficient (Wildman–Crippen LogP) is -0.169. The first-order valence-corrected chi connectivity index (χ1v) is 7.50. The highest BCUT2D eigenvalue weighted by atomic mass is 16.2. The zero-order chi connectivity index (χ0) is 15.0.